The quantitative estimate of drug-likeness (QED) is 0.314. The molecule has 3 N–H and O–H groups in total. The molecule has 2 aliphatic rings. The van der Waals surface area contributed by atoms with E-state index in [1.807, 2.05) is 25.3 Å². The van der Waals surface area contributed by atoms with Gasteiger partial charge in [0, 0.05) is 66.6 Å². The lowest BCUT2D eigenvalue weighted by atomic mass is 9.58. The molecule has 0 amide bonds. The monoisotopic (exact) mass is 575 g/mol. The lowest BCUT2D eigenvalue weighted by Gasteiger charge is -2.55. The number of alkyl halides is 2. The van der Waals surface area contributed by atoms with Gasteiger partial charge in [0.1, 0.15) is 15.6 Å². The molecule has 1 atom stereocenters. The summed E-state index contributed by atoms with van der Waals surface area (Å²) in [6.45, 7) is 3.18. The molecular weight excluding hydrogens is 540 g/mol. The number of H-pyrrole nitrogens is 1. The van der Waals surface area contributed by atoms with Crippen LogP contribution in [0.1, 0.15) is 58.8 Å². The van der Waals surface area contributed by atoms with Crippen molar-refractivity contribution in [3.8, 4) is 5.75 Å². The number of piperidine rings is 1. The first-order valence-electron chi connectivity index (χ1n) is 13.3. The van der Waals surface area contributed by atoms with Crippen LogP contribution in [0.25, 0.3) is 10.9 Å². The van der Waals surface area contributed by atoms with Crippen LogP contribution in [0.3, 0.4) is 0 Å². The molecule has 11 heteroatoms. The smallest absolute Gasteiger partial charge is 0.335 e. The van der Waals surface area contributed by atoms with Crippen LogP contribution in [0.15, 0.2) is 36.5 Å². The Bertz CT molecular complexity index is 1540. The second-order valence-corrected chi connectivity index (χ2v) is 13.7. The van der Waals surface area contributed by atoms with E-state index in [-0.39, 0.29) is 36.7 Å². The second kappa shape index (κ2) is 10.3. The zero-order chi connectivity index (χ0) is 28.9. The molecule has 3 aromatic rings. The number of nitrogens with one attached hydrogen (secondary N) is 2. The number of aromatic nitrogens is 1. The summed E-state index contributed by atoms with van der Waals surface area (Å²) >= 11 is 0. The van der Waals surface area contributed by atoms with E-state index < -0.39 is 27.1 Å². The van der Waals surface area contributed by atoms with Crippen molar-refractivity contribution in [1.29, 1.82) is 0 Å². The number of hydrogen-bond donors (Lipinski definition) is 3. The van der Waals surface area contributed by atoms with E-state index >= 15 is 0 Å². The highest BCUT2D eigenvalue weighted by atomic mass is 32.2. The Kier molecular flexibility index (Phi) is 7.33. The first-order valence-corrected chi connectivity index (χ1v) is 15.4. The molecule has 216 valence electrons. The fourth-order valence-electron chi connectivity index (χ4n) is 6.53. The summed E-state index contributed by atoms with van der Waals surface area (Å²) < 4.78 is 57.6. The van der Waals surface area contributed by atoms with Gasteiger partial charge in [-0.1, -0.05) is 6.07 Å². The number of carboxylic acid groups (broad SMARTS) is 1. The SMILES string of the molecule is COc1cc(C)c2[nH]ccc2c1CN1CCC2(CC1c1ccc(C(=O)O)cc1NCCS(C)(=O)=O)CC(F)(F)C2. The van der Waals surface area contributed by atoms with Gasteiger partial charge in [0.05, 0.1) is 18.4 Å². The van der Waals surface area contributed by atoms with Crippen LogP contribution in [0, 0.1) is 12.3 Å². The molecule has 2 fully saturated rings. The van der Waals surface area contributed by atoms with Gasteiger partial charge in [0.25, 0.3) is 0 Å². The summed E-state index contributed by atoms with van der Waals surface area (Å²) in [7, 11) is -1.62. The summed E-state index contributed by atoms with van der Waals surface area (Å²) in [5.41, 5.74) is 3.88. The minimum Gasteiger partial charge on any atom is -0.496 e. The molecule has 1 aromatic heterocycles. The van der Waals surface area contributed by atoms with Crippen molar-refractivity contribution in [3.63, 3.8) is 0 Å². The summed E-state index contributed by atoms with van der Waals surface area (Å²) in [5.74, 6) is -3.16. The highest BCUT2D eigenvalue weighted by Crippen LogP contribution is 2.61. The summed E-state index contributed by atoms with van der Waals surface area (Å²) in [4.78, 5) is 17.3. The van der Waals surface area contributed by atoms with Crippen molar-refractivity contribution in [3.05, 3.63) is 58.8 Å². The number of fused-ring (bicyclic) bond motifs is 1. The van der Waals surface area contributed by atoms with E-state index in [9.17, 15) is 27.1 Å². The molecule has 1 aliphatic carbocycles. The van der Waals surface area contributed by atoms with Crippen LogP contribution in [0.5, 0.6) is 5.75 Å². The van der Waals surface area contributed by atoms with Gasteiger partial charge in [-0.25, -0.2) is 22.0 Å². The first kappa shape index (κ1) is 28.4. The van der Waals surface area contributed by atoms with E-state index in [0.717, 1.165) is 39.6 Å². The molecule has 2 heterocycles. The summed E-state index contributed by atoms with van der Waals surface area (Å²) in [6, 6.07) is 8.45. The minimum atomic E-state index is -3.25. The Morgan fingerprint density at radius 2 is 2.00 bits per heavy atom. The molecule has 5 rings (SSSR count). The highest BCUT2D eigenvalue weighted by molar-refractivity contribution is 7.90. The van der Waals surface area contributed by atoms with Crippen LogP contribution in [0.2, 0.25) is 0 Å². The largest absolute Gasteiger partial charge is 0.496 e. The predicted molar refractivity (Wildman–Crippen MR) is 150 cm³/mol. The number of sulfone groups is 1. The number of ether oxygens (including phenoxy) is 1. The van der Waals surface area contributed by atoms with Crippen molar-refractivity contribution in [2.45, 2.75) is 51.1 Å². The van der Waals surface area contributed by atoms with Gasteiger partial charge in [0.15, 0.2) is 0 Å². The van der Waals surface area contributed by atoms with Crippen molar-refractivity contribution < 1.29 is 31.8 Å². The minimum absolute atomic E-state index is 0.0621. The maximum atomic E-state index is 14.1. The first-order chi connectivity index (χ1) is 18.8. The van der Waals surface area contributed by atoms with Crippen LogP contribution in [-0.2, 0) is 16.4 Å². The molecule has 40 heavy (non-hydrogen) atoms. The third-order valence-corrected chi connectivity index (χ3v) is 9.35. The van der Waals surface area contributed by atoms with Gasteiger partial charge in [-0.05, 0) is 67.1 Å². The average molecular weight is 576 g/mol. The van der Waals surface area contributed by atoms with Crippen LogP contribution in [-0.4, -0.2) is 67.5 Å². The number of aromatic amines is 1. The molecule has 1 saturated heterocycles. The van der Waals surface area contributed by atoms with Crippen molar-refractivity contribution >= 4 is 32.4 Å². The van der Waals surface area contributed by atoms with Gasteiger partial charge in [-0.2, -0.15) is 0 Å². The Labute approximate surface area is 232 Å². The summed E-state index contributed by atoms with van der Waals surface area (Å²) in [6.07, 6.45) is 3.82. The standard InChI is InChI=1S/C29H35F2N3O5S/c1-18-12-25(39-2)22(20-6-8-33-26(18)20)15-34-10-7-28(16-29(30,31)17-28)14-24(34)21-5-4-19(27(35)36)13-23(21)32-9-11-40(3,37)38/h4-6,8,12-13,24,32-33H,7,9-11,14-17H2,1-3H3,(H,35,36). The molecule has 1 aliphatic heterocycles. The van der Waals surface area contributed by atoms with E-state index in [1.165, 1.54) is 12.1 Å². The third-order valence-electron chi connectivity index (χ3n) is 8.40. The molecule has 1 spiro atoms. The summed E-state index contributed by atoms with van der Waals surface area (Å²) in [5, 5.41) is 13.8. The van der Waals surface area contributed by atoms with Gasteiger partial charge in [-0.15, -0.1) is 0 Å². The fraction of sp³-hybridized carbons (Fsp3) is 0.483. The normalized spacial score (nSPS) is 20.4. The van der Waals surface area contributed by atoms with E-state index in [2.05, 4.69) is 15.2 Å². The number of nitrogens with zero attached hydrogens (tertiary/aromatic N) is 1. The second-order valence-electron chi connectivity index (χ2n) is 11.5. The number of carbonyl (C=O) groups is 1. The topological polar surface area (TPSA) is 112 Å². The number of halogens is 2. The van der Waals surface area contributed by atoms with E-state index in [1.54, 1.807) is 13.2 Å². The number of likely N-dealkylation sites (tertiary alicyclic amines) is 1. The molecule has 8 nitrogen and oxygen atoms in total. The maximum absolute atomic E-state index is 14.1. The molecule has 2 aromatic carbocycles. The Hall–Kier alpha value is -3.18. The van der Waals surface area contributed by atoms with E-state index in [4.69, 9.17) is 4.74 Å². The van der Waals surface area contributed by atoms with Crippen LogP contribution < -0.4 is 10.1 Å². The Morgan fingerprint density at radius 3 is 2.65 bits per heavy atom. The van der Waals surface area contributed by atoms with Crippen molar-refractivity contribution in [2.75, 3.05) is 37.5 Å². The molecule has 1 saturated carbocycles. The number of methoxy groups -OCH3 is 1. The lowest BCUT2D eigenvalue weighted by molar-refractivity contribution is -0.186. The third kappa shape index (κ3) is 5.67. The average Bonchev–Trinajstić information content (AvgIpc) is 3.35. The van der Waals surface area contributed by atoms with Crippen molar-refractivity contribution in [2.24, 2.45) is 5.41 Å². The number of aryl methyl sites for hydroxylation is 1. The molecular formula is C29H35F2N3O5S. The highest BCUT2D eigenvalue weighted by Gasteiger charge is 2.58. The zero-order valence-electron chi connectivity index (χ0n) is 22.9. The number of aromatic carboxylic acids is 1. The fourth-order valence-corrected chi connectivity index (χ4v) is 7.00. The number of benzene rings is 2. The van der Waals surface area contributed by atoms with E-state index in [0.29, 0.717) is 31.6 Å². The number of hydrogen-bond acceptors (Lipinski definition) is 6. The zero-order valence-corrected chi connectivity index (χ0v) is 23.7. The molecule has 1 unspecified atom stereocenters. The Morgan fingerprint density at radius 1 is 1.25 bits per heavy atom. The van der Waals surface area contributed by atoms with Crippen LogP contribution in [0.4, 0.5) is 14.5 Å². The van der Waals surface area contributed by atoms with Crippen LogP contribution >= 0.6 is 0 Å². The van der Waals surface area contributed by atoms with Gasteiger partial charge in [-0.3, -0.25) is 4.90 Å². The molecule has 0 radical (unpaired) electrons. The predicted octanol–water partition coefficient (Wildman–Crippen LogP) is 5.39. The van der Waals surface area contributed by atoms with Gasteiger partial charge >= 0.3 is 5.97 Å². The number of carboxylic acids is 1. The van der Waals surface area contributed by atoms with Gasteiger partial charge in [0.2, 0.25) is 5.92 Å². The lowest BCUT2D eigenvalue weighted by Crippen LogP contribution is -2.53. The van der Waals surface area contributed by atoms with Crippen molar-refractivity contribution in [1.82, 2.24) is 9.88 Å². The Balaban J connectivity index is 1.55. The number of rotatable bonds is 9. The number of anilines is 1. The molecule has 0 bridgehead atoms. The maximum Gasteiger partial charge on any atom is 0.335 e. The van der Waals surface area contributed by atoms with Gasteiger partial charge < -0.3 is 20.1 Å².